The Morgan fingerprint density at radius 1 is 1.11 bits per heavy atom. The van der Waals surface area contributed by atoms with Crippen molar-refractivity contribution in [2.45, 2.75) is 43.7 Å². The minimum Gasteiger partial charge on any atom is -0.375 e. The first-order chi connectivity index (χ1) is 8.86. The van der Waals surface area contributed by atoms with Crippen LogP contribution in [0.5, 0.6) is 0 Å². The fourth-order valence-corrected chi connectivity index (χ4v) is 5.89. The van der Waals surface area contributed by atoms with Crippen molar-refractivity contribution in [1.29, 1.82) is 0 Å². The molecule has 3 rings (SSSR count). The van der Waals surface area contributed by atoms with E-state index in [9.17, 15) is 0 Å². The van der Waals surface area contributed by atoms with Crippen LogP contribution in [0, 0.1) is 5.92 Å². The molecule has 3 heterocycles. The van der Waals surface area contributed by atoms with Crippen molar-refractivity contribution >= 4 is 23.5 Å². The Morgan fingerprint density at radius 2 is 2.00 bits per heavy atom. The molecule has 0 aromatic heterocycles. The van der Waals surface area contributed by atoms with E-state index in [1.807, 2.05) is 0 Å². The lowest BCUT2D eigenvalue weighted by Gasteiger charge is -2.43. The lowest BCUT2D eigenvalue weighted by atomic mass is 9.85. The van der Waals surface area contributed by atoms with Gasteiger partial charge in [-0.15, -0.1) is 0 Å². The van der Waals surface area contributed by atoms with Gasteiger partial charge < -0.3 is 10.1 Å². The van der Waals surface area contributed by atoms with Crippen LogP contribution in [0.2, 0.25) is 0 Å². The highest BCUT2D eigenvalue weighted by Gasteiger charge is 2.38. The summed E-state index contributed by atoms with van der Waals surface area (Å²) in [4.78, 5) is 0. The molecule has 0 aromatic rings. The predicted octanol–water partition coefficient (Wildman–Crippen LogP) is 2.77. The highest BCUT2D eigenvalue weighted by molar-refractivity contribution is 7.99. The second-order valence-corrected chi connectivity index (χ2v) is 8.35. The van der Waals surface area contributed by atoms with Crippen LogP contribution in [0.25, 0.3) is 0 Å². The van der Waals surface area contributed by atoms with Gasteiger partial charge in [0.25, 0.3) is 0 Å². The van der Waals surface area contributed by atoms with Crippen LogP contribution in [0.4, 0.5) is 0 Å². The topological polar surface area (TPSA) is 21.3 Å². The van der Waals surface area contributed by atoms with E-state index in [0.717, 1.165) is 12.5 Å². The summed E-state index contributed by atoms with van der Waals surface area (Å²) >= 11 is 4.22. The molecular weight excluding hydrogens is 262 g/mol. The SMILES string of the molecule is C1CC(NCC2CCSC2)CC2(CCSCC2)O1. The van der Waals surface area contributed by atoms with Crippen LogP contribution >= 0.6 is 23.5 Å². The fourth-order valence-electron chi connectivity index (χ4n) is 3.37. The zero-order chi connectivity index (χ0) is 12.3. The molecule has 0 radical (unpaired) electrons. The molecule has 104 valence electrons. The number of thioether (sulfide) groups is 2. The first-order valence-electron chi connectivity index (χ1n) is 7.39. The minimum atomic E-state index is 0.242. The highest BCUT2D eigenvalue weighted by Crippen LogP contribution is 2.37. The third-order valence-electron chi connectivity index (χ3n) is 4.62. The maximum atomic E-state index is 6.15. The lowest BCUT2D eigenvalue weighted by Crippen LogP contribution is -2.49. The largest absolute Gasteiger partial charge is 0.375 e. The molecule has 4 heteroatoms. The third-order valence-corrected chi connectivity index (χ3v) is 6.83. The van der Waals surface area contributed by atoms with Crippen LogP contribution in [0.3, 0.4) is 0 Å². The van der Waals surface area contributed by atoms with Gasteiger partial charge >= 0.3 is 0 Å². The summed E-state index contributed by atoms with van der Waals surface area (Å²) in [6.07, 6.45) is 6.44. The molecule has 0 amide bonds. The summed E-state index contributed by atoms with van der Waals surface area (Å²) < 4.78 is 6.15. The van der Waals surface area contributed by atoms with Crippen molar-refractivity contribution in [2.24, 2.45) is 5.92 Å². The molecule has 2 nitrogen and oxygen atoms in total. The normalized spacial score (nSPS) is 36.0. The maximum absolute atomic E-state index is 6.15. The molecule has 18 heavy (non-hydrogen) atoms. The number of hydrogen-bond acceptors (Lipinski definition) is 4. The van der Waals surface area contributed by atoms with Gasteiger partial charge in [0.05, 0.1) is 5.60 Å². The van der Waals surface area contributed by atoms with E-state index in [2.05, 4.69) is 28.8 Å². The maximum Gasteiger partial charge on any atom is 0.0713 e. The Balaban J connectivity index is 1.47. The van der Waals surface area contributed by atoms with E-state index < -0.39 is 0 Å². The van der Waals surface area contributed by atoms with E-state index in [0.29, 0.717) is 6.04 Å². The van der Waals surface area contributed by atoms with Gasteiger partial charge in [-0.3, -0.25) is 0 Å². The molecule has 0 bridgehead atoms. The summed E-state index contributed by atoms with van der Waals surface area (Å²) in [6.45, 7) is 2.21. The van der Waals surface area contributed by atoms with E-state index in [1.165, 1.54) is 61.7 Å². The standard InChI is InChI=1S/C14H25NOS2/c1-5-16-14(3-7-17-8-4-14)9-13(1)15-10-12-2-6-18-11-12/h12-13,15H,1-11H2. The van der Waals surface area contributed by atoms with Gasteiger partial charge in [-0.1, -0.05) is 0 Å². The molecule has 0 aliphatic carbocycles. The molecule has 3 fully saturated rings. The molecular formula is C14H25NOS2. The van der Waals surface area contributed by atoms with Gasteiger partial charge in [0.2, 0.25) is 0 Å². The van der Waals surface area contributed by atoms with E-state index in [-0.39, 0.29) is 5.60 Å². The molecule has 1 N–H and O–H groups in total. The lowest BCUT2D eigenvalue weighted by molar-refractivity contribution is -0.0933. The Kier molecular flexibility index (Phi) is 4.82. The quantitative estimate of drug-likeness (QED) is 0.861. The highest BCUT2D eigenvalue weighted by atomic mass is 32.2. The molecule has 2 unspecified atom stereocenters. The smallest absolute Gasteiger partial charge is 0.0713 e. The van der Waals surface area contributed by atoms with Crippen LogP contribution < -0.4 is 5.32 Å². The molecule has 3 aliphatic rings. The second-order valence-electron chi connectivity index (χ2n) is 5.97. The minimum absolute atomic E-state index is 0.242. The van der Waals surface area contributed by atoms with Gasteiger partial charge in [-0.25, -0.2) is 0 Å². The zero-order valence-electron chi connectivity index (χ0n) is 11.2. The average molecular weight is 287 g/mol. The summed E-state index contributed by atoms with van der Waals surface area (Å²) in [6, 6.07) is 0.715. The van der Waals surface area contributed by atoms with Gasteiger partial charge in [0, 0.05) is 12.6 Å². The van der Waals surface area contributed by atoms with Crippen molar-refractivity contribution in [3.05, 3.63) is 0 Å². The van der Waals surface area contributed by atoms with Crippen LogP contribution in [0.15, 0.2) is 0 Å². The van der Waals surface area contributed by atoms with Crippen molar-refractivity contribution in [2.75, 3.05) is 36.2 Å². The summed E-state index contributed by atoms with van der Waals surface area (Å²) in [7, 11) is 0. The first kappa shape index (κ1) is 13.6. The van der Waals surface area contributed by atoms with Crippen molar-refractivity contribution in [1.82, 2.24) is 5.32 Å². The number of nitrogens with one attached hydrogen (secondary N) is 1. The number of ether oxygens (including phenoxy) is 1. The van der Waals surface area contributed by atoms with Crippen LogP contribution in [0.1, 0.15) is 32.1 Å². The number of hydrogen-bond donors (Lipinski definition) is 1. The Morgan fingerprint density at radius 3 is 2.78 bits per heavy atom. The fraction of sp³-hybridized carbons (Fsp3) is 1.00. The van der Waals surface area contributed by atoms with Gasteiger partial charge in [-0.05, 0) is 67.6 Å². The van der Waals surface area contributed by atoms with E-state index >= 15 is 0 Å². The van der Waals surface area contributed by atoms with Gasteiger partial charge in [-0.2, -0.15) is 23.5 Å². The summed E-state index contributed by atoms with van der Waals surface area (Å²) in [5.74, 6) is 6.27. The van der Waals surface area contributed by atoms with Crippen LogP contribution in [-0.4, -0.2) is 47.8 Å². The molecule has 0 aromatic carbocycles. The van der Waals surface area contributed by atoms with Gasteiger partial charge in [0.15, 0.2) is 0 Å². The Labute approximate surface area is 119 Å². The average Bonchev–Trinajstić information content (AvgIpc) is 2.91. The molecule has 3 aliphatic heterocycles. The first-order valence-corrected chi connectivity index (χ1v) is 9.70. The Bertz CT molecular complexity index is 257. The molecule has 3 saturated heterocycles. The predicted molar refractivity (Wildman–Crippen MR) is 81.7 cm³/mol. The summed E-state index contributed by atoms with van der Waals surface area (Å²) in [5.41, 5.74) is 0.242. The van der Waals surface area contributed by atoms with E-state index in [4.69, 9.17) is 4.74 Å². The molecule has 0 saturated carbocycles. The van der Waals surface area contributed by atoms with Crippen LogP contribution in [-0.2, 0) is 4.74 Å². The van der Waals surface area contributed by atoms with Crippen molar-refractivity contribution in [3.63, 3.8) is 0 Å². The van der Waals surface area contributed by atoms with Crippen molar-refractivity contribution in [3.8, 4) is 0 Å². The van der Waals surface area contributed by atoms with Gasteiger partial charge in [0.1, 0.15) is 0 Å². The second kappa shape index (κ2) is 6.38. The molecule has 1 spiro atoms. The Hall–Kier alpha value is 0.620. The third kappa shape index (κ3) is 3.38. The summed E-state index contributed by atoms with van der Waals surface area (Å²) in [5, 5.41) is 3.83. The van der Waals surface area contributed by atoms with Crippen molar-refractivity contribution < 1.29 is 4.74 Å². The number of rotatable bonds is 3. The monoisotopic (exact) mass is 287 g/mol. The zero-order valence-corrected chi connectivity index (χ0v) is 12.8. The van der Waals surface area contributed by atoms with E-state index in [1.54, 1.807) is 0 Å². The molecule has 2 atom stereocenters.